The molecular weight excluding hydrogens is 444 g/mol. The van der Waals surface area contributed by atoms with E-state index in [1.807, 2.05) is 36.1 Å². The first-order valence-corrected chi connectivity index (χ1v) is 12.1. The smallest absolute Gasteiger partial charge is 0.295 e. The van der Waals surface area contributed by atoms with Crippen molar-refractivity contribution in [3.8, 4) is 0 Å². The van der Waals surface area contributed by atoms with Crippen molar-refractivity contribution < 1.29 is 21.6 Å². The van der Waals surface area contributed by atoms with Crippen molar-refractivity contribution in [2.24, 2.45) is 7.05 Å². The number of aryl methyl sites for hydroxylation is 1. The lowest BCUT2D eigenvalue weighted by Crippen LogP contribution is -2.27. The van der Waals surface area contributed by atoms with Crippen LogP contribution in [-0.4, -0.2) is 12.6 Å². The summed E-state index contributed by atoms with van der Waals surface area (Å²) in [7, 11) is -3.66. The van der Waals surface area contributed by atoms with Crippen LogP contribution >= 0.6 is 11.6 Å². The molecule has 0 spiro atoms. The molecule has 0 saturated carbocycles. The summed E-state index contributed by atoms with van der Waals surface area (Å²) in [5, 5.41) is 0.768. The van der Waals surface area contributed by atoms with Crippen LogP contribution < -0.4 is 9.29 Å². The second-order valence-corrected chi connectivity index (χ2v) is 10.2. The maximum absolute atomic E-state index is 13.0. The molecular formula is C21H18ClN2O4S2+. The van der Waals surface area contributed by atoms with Gasteiger partial charge in [0.05, 0.1) is 27.1 Å². The Balaban J connectivity index is 1.66. The number of halogens is 1. The van der Waals surface area contributed by atoms with E-state index in [2.05, 4.69) is 4.72 Å². The molecule has 2 heterocycles. The number of furan rings is 1. The standard InChI is InChI=1S/C21H18ClN2O4S2/c1-24-10-4-5-15(13-24)14-29(25)20-9-8-17(22)12-18(20)23-30(26,27)21-11-16-6-2-3-7-19(16)28-21/h2-13,23H,14H2,1H3/q+1. The minimum absolute atomic E-state index is 0.154. The largest absolute Gasteiger partial charge is 0.443 e. The molecule has 1 unspecified atom stereocenters. The number of pyridine rings is 1. The van der Waals surface area contributed by atoms with Gasteiger partial charge in [0.15, 0.2) is 12.4 Å². The highest BCUT2D eigenvalue weighted by atomic mass is 35.5. The molecule has 0 fully saturated rings. The van der Waals surface area contributed by atoms with Crippen LogP contribution in [0.5, 0.6) is 0 Å². The fourth-order valence-electron chi connectivity index (χ4n) is 3.03. The average Bonchev–Trinajstić information content (AvgIpc) is 3.13. The Morgan fingerprint density at radius 3 is 2.67 bits per heavy atom. The van der Waals surface area contributed by atoms with Crippen molar-refractivity contribution in [1.29, 1.82) is 0 Å². The van der Waals surface area contributed by atoms with E-state index in [9.17, 15) is 12.6 Å². The first-order chi connectivity index (χ1) is 14.3. The van der Waals surface area contributed by atoms with Gasteiger partial charge in [-0.1, -0.05) is 29.8 Å². The van der Waals surface area contributed by atoms with Gasteiger partial charge in [0.1, 0.15) is 12.6 Å². The monoisotopic (exact) mass is 461 g/mol. The summed E-state index contributed by atoms with van der Waals surface area (Å²) in [4.78, 5) is 0.339. The molecule has 9 heteroatoms. The fraction of sp³-hybridized carbons (Fsp3) is 0.0952. The van der Waals surface area contributed by atoms with Gasteiger partial charge in [0.25, 0.3) is 10.0 Å². The molecule has 0 bridgehead atoms. The number of para-hydroxylation sites is 1. The number of nitrogens with zero attached hydrogens (tertiary/aromatic N) is 1. The number of benzene rings is 2. The van der Waals surface area contributed by atoms with E-state index in [1.165, 1.54) is 12.1 Å². The van der Waals surface area contributed by atoms with E-state index in [-0.39, 0.29) is 16.5 Å². The topological polar surface area (TPSA) is 80.3 Å². The molecule has 4 rings (SSSR count). The molecule has 1 N–H and O–H groups in total. The molecule has 154 valence electrons. The van der Waals surface area contributed by atoms with E-state index in [1.54, 1.807) is 36.4 Å². The third-order valence-electron chi connectivity index (χ3n) is 4.40. The number of fused-ring (bicyclic) bond motifs is 1. The lowest BCUT2D eigenvalue weighted by molar-refractivity contribution is -0.671. The molecule has 2 aromatic heterocycles. The van der Waals surface area contributed by atoms with Gasteiger partial charge >= 0.3 is 0 Å². The Labute approximate surface area is 181 Å². The predicted octanol–water partition coefficient (Wildman–Crippen LogP) is 4.02. The molecule has 0 radical (unpaired) electrons. The third-order valence-corrected chi connectivity index (χ3v) is 7.29. The van der Waals surface area contributed by atoms with E-state index >= 15 is 0 Å². The van der Waals surface area contributed by atoms with Crippen LogP contribution in [0.1, 0.15) is 5.56 Å². The Kier molecular flexibility index (Phi) is 5.64. The summed E-state index contributed by atoms with van der Waals surface area (Å²) < 4.78 is 48.7. The number of sulfonamides is 1. The van der Waals surface area contributed by atoms with Crippen LogP contribution in [0.25, 0.3) is 11.0 Å². The summed E-state index contributed by atoms with van der Waals surface area (Å²) in [6, 6.07) is 16.8. The van der Waals surface area contributed by atoms with Gasteiger partial charge < -0.3 is 4.42 Å². The van der Waals surface area contributed by atoms with E-state index in [0.29, 0.717) is 20.9 Å². The highest BCUT2D eigenvalue weighted by molar-refractivity contribution is 7.92. The van der Waals surface area contributed by atoms with Gasteiger partial charge in [-0.3, -0.25) is 8.93 Å². The summed E-state index contributed by atoms with van der Waals surface area (Å²) in [6.07, 6.45) is 3.74. The van der Waals surface area contributed by atoms with Crippen LogP contribution in [0.15, 0.2) is 87.5 Å². The van der Waals surface area contributed by atoms with Crippen LogP contribution in [0.4, 0.5) is 5.69 Å². The fourth-order valence-corrected chi connectivity index (χ4v) is 5.51. The lowest BCUT2D eigenvalue weighted by atomic mass is 10.3. The Morgan fingerprint density at radius 2 is 1.90 bits per heavy atom. The van der Waals surface area contributed by atoms with E-state index < -0.39 is 20.8 Å². The van der Waals surface area contributed by atoms with E-state index in [4.69, 9.17) is 16.0 Å². The SMILES string of the molecule is C[n+]1cccc(CS(=O)c2ccc(Cl)cc2NS(=O)(=O)c2cc3ccccc3o2)c1. The van der Waals surface area contributed by atoms with Gasteiger partial charge in [-0.25, -0.2) is 4.57 Å². The normalized spacial score (nSPS) is 12.7. The van der Waals surface area contributed by atoms with Crippen molar-refractivity contribution in [1.82, 2.24) is 0 Å². The van der Waals surface area contributed by atoms with Crippen molar-refractivity contribution in [2.45, 2.75) is 15.7 Å². The van der Waals surface area contributed by atoms with Crippen molar-refractivity contribution in [3.05, 3.63) is 83.6 Å². The summed E-state index contributed by atoms with van der Waals surface area (Å²) in [6.45, 7) is 0. The second kappa shape index (κ2) is 8.22. The third kappa shape index (κ3) is 4.40. The van der Waals surface area contributed by atoms with Gasteiger partial charge in [-0.2, -0.15) is 8.42 Å². The number of rotatable bonds is 6. The highest BCUT2D eigenvalue weighted by Gasteiger charge is 2.23. The van der Waals surface area contributed by atoms with Gasteiger partial charge in [-0.05, 0) is 30.3 Å². The molecule has 2 aromatic carbocycles. The Morgan fingerprint density at radius 1 is 1.10 bits per heavy atom. The molecule has 4 aromatic rings. The van der Waals surface area contributed by atoms with Crippen molar-refractivity contribution in [2.75, 3.05) is 4.72 Å². The molecule has 0 aliphatic heterocycles. The zero-order chi connectivity index (χ0) is 21.3. The Bertz CT molecular complexity index is 1330. The second-order valence-electron chi connectivity index (χ2n) is 6.72. The minimum atomic E-state index is -4.04. The van der Waals surface area contributed by atoms with Crippen LogP contribution in [0.3, 0.4) is 0 Å². The zero-order valence-corrected chi connectivity index (χ0v) is 18.3. The van der Waals surface area contributed by atoms with Crippen molar-refractivity contribution in [3.63, 3.8) is 0 Å². The highest BCUT2D eigenvalue weighted by Crippen LogP contribution is 2.29. The number of anilines is 1. The molecule has 1 atom stereocenters. The lowest BCUT2D eigenvalue weighted by Gasteiger charge is -2.12. The predicted molar refractivity (Wildman–Crippen MR) is 116 cm³/mol. The summed E-state index contributed by atoms with van der Waals surface area (Å²) >= 11 is 6.08. The van der Waals surface area contributed by atoms with Gasteiger partial charge in [0.2, 0.25) is 5.09 Å². The maximum Gasteiger partial charge on any atom is 0.295 e. The minimum Gasteiger partial charge on any atom is -0.443 e. The van der Waals surface area contributed by atoms with Gasteiger partial charge in [-0.15, -0.1) is 0 Å². The zero-order valence-electron chi connectivity index (χ0n) is 15.9. The number of nitrogens with one attached hydrogen (secondary N) is 1. The summed E-state index contributed by atoms with van der Waals surface area (Å²) in [5.74, 6) is 0.232. The average molecular weight is 462 g/mol. The number of aromatic nitrogens is 1. The van der Waals surface area contributed by atoms with Crippen molar-refractivity contribution >= 4 is 49.1 Å². The molecule has 30 heavy (non-hydrogen) atoms. The first kappa shape index (κ1) is 20.6. The molecule has 0 aliphatic carbocycles. The molecule has 0 saturated heterocycles. The van der Waals surface area contributed by atoms with Crippen LogP contribution in [0.2, 0.25) is 5.02 Å². The maximum atomic E-state index is 13.0. The summed E-state index contributed by atoms with van der Waals surface area (Å²) in [5.41, 5.74) is 1.48. The molecule has 0 amide bonds. The van der Waals surface area contributed by atoms with E-state index in [0.717, 1.165) is 5.56 Å². The van der Waals surface area contributed by atoms with Gasteiger partial charge in [0, 0.05) is 28.1 Å². The molecule has 0 aliphatic rings. The number of hydrogen-bond acceptors (Lipinski definition) is 4. The Hall–Kier alpha value is -2.68. The molecule has 6 nitrogen and oxygen atoms in total. The number of hydrogen-bond donors (Lipinski definition) is 1. The van der Waals surface area contributed by atoms with Crippen LogP contribution in [-0.2, 0) is 33.6 Å². The van der Waals surface area contributed by atoms with Crippen LogP contribution in [0, 0.1) is 0 Å². The quantitative estimate of drug-likeness (QED) is 0.440. The first-order valence-electron chi connectivity index (χ1n) is 8.95.